The molecule has 0 bridgehead atoms. The summed E-state index contributed by atoms with van der Waals surface area (Å²) in [5.41, 5.74) is 2.97. The zero-order valence-corrected chi connectivity index (χ0v) is 23.8. The Bertz CT molecular complexity index is 1410. The molecule has 3 rings (SSSR count). The maximum absolute atomic E-state index is 13.2. The number of rotatable bonds is 15. The molecule has 0 saturated heterocycles. The maximum Gasteiger partial charge on any atom is 0.491 e. The average Bonchev–Trinajstić information content (AvgIpc) is 3.54. The second-order valence-corrected chi connectivity index (χ2v) is 9.98. The molecule has 13 heteroatoms. The Kier molecular flexibility index (Phi) is 11.3. The number of H-pyrrole nitrogens is 2. The lowest BCUT2D eigenvalue weighted by Crippen LogP contribution is -2.30. The Hall–Kier alpha value is -4.16. The van der Waals surface area contributed by atoms with Crippen molar-refractivity contribution in [1.82, 2.24) is 20.3 Å². The number of aromatic nitrogens is 3. The van der Waals surface area contributed by atoms with Crippen molar-refractivity contribution in [2.45, 2.75) is 83.9 Å². The molecule has 2 aromatic heterocycles. The van der Waals surface area contributed by atoms with E-state index in [2.05, 4.69) is 25.0 Å². The first-order chi connectivity index (χ1) is 19.9. The zero-order chi connectivity index (χ0) is 30.9. The molecule has 2 heterocycles. The van der Waals surface area contributed by atoms with E-state index in [0.717, 1.165) is 35.0 Å². The number of amides is 1. The molecule has 10 nitrogen and oxygen atoms in total. The number of benzene rings is 1. The second-order valence-electron chi connectivity index (χ2n) is 9.98. The highest BCUT2D eigenvalue weighted by Gasteiger charge is 2.42. The Morgan fingerprint density at radius 1 is 1.07 bits per heavy atom. The minimum atomic E-state index is -5.26. The standard InChI is InChI=1S/C29H35F3N4O6/c1-4-19(37)8-6-5-7-9-24(27-33-16-18(35-27)10-13-26(39)42-28(40)29(30,31)32)36-25(38)15-21-17(2)34-23-12-11-20(41-3)14-22(21)23/h11-12,14,16,24,34H,4-10,13,15H2,1-3H3,(H,33,35)(H,36,38). The van der Waals surface area contributed by atoms with Crippen LogP contribution in [0, 0.1) is 6.92 Å². The van der Waals surface area contributed by atoms with Crippen LogP contribution in [0.4, 0.5) is 13.2 Å². The third-order valence-corrected chi connectivity index (χ3v) is 6.86. The van der Waals surface area contributed by atoms with Crippen LogP contribution in [0.1, 0.15) is 80.7 Å². The molecule has 1 aromatic carbocycles. The molecule has 0 aliphatic carbocycles. The van der Waals surface area contributed by atoms with Gasteiger partial charge in [0.1, 0.15) is 17.4 Å². The molecule has 42 heavy (non-hydrogen) atoms. The van der Waals surface area contributed by atoms with Gasteiger partial charge in [0.15, 0.2) is 0 Å². The number of aryl methyl sites for hydroxylation is 2. The fourth-order valence-electron chi connectivity index (χ4n) is 4.55. The number of Topliss-reactive ketones (excluding diaryl/α,β-unsaturated/α-hetero) is 1. The van der Waals surface area contributed by atoms with Gasteiger partial charge in [0.2, 0.25) is 5.91 Å². The topological polar surface area (TPSA) is 143 Å². The van der Waals surface area contributed by atoms with Crippen LogP contribution in [0.3, 0.4) is 0 Å². The number of nitrogens with one attached hydrogen (secondary N) is 3. The molecule has 1 atom stereocenters. The maximum atomic E-state index is 13.2. The summed E-state index contributed by atoms with van der Waals surface area (Å²) < 4.78 is 46.1. The van der Waals surface area contributed by atoms with Crippen LogP contribution in [0.15, 0.2) is 24.4 Å². The third-order valence-electron chi connectivity index (χ3n) is 6.86. The van der Waals surface area contributed by atoms with E-state index in [1.807, 2.05) is 32.0 Å². The largest absolute Gasteiger partial charge is 0.497 e. The summed E-state index contributed by atoms with van der Waals surface area (Å²) in [4.78, 5) is 58.0. The van der Waals surface area contributed by atoms with E-state index in [1.54, 1.807) is 7.11 Å². The molecular weight excluding hydrogens is 557 g/mol. The van der Waals surface area contributed by atoms with E-state index < -0.39 is 30.6 Å². The zero-order valence-electron chi connectivity index (χ0n) is 23.8. The summed E-state index contributed by atoms with van der Waals surface area (Å²) in [5.74, 6) is -2.86. The predicted molar refractivity (Wildman–Crippen MR) is 147 cm³/mol. The number of imidazole rings is 1. The number of carbonyl (C=O) groups is 4. The summed E-state index contributed by atoms with van der Waals surface area (Å²) in [7, 11) is 1.57. The molecule has 1 unspecified atom stereocenters. The first-order valence-corrected chi connectivity index (χ1v) is 13.7. The van der Waals surface area contributed by atoms with Gasteiger partial charge >= 0.3 is 18.1 Å². The van der Waals surface area contributed by atoms with Crippen molar-refractivity contribution in [3.63, 3.8) is 0 Å². The van der Waals surface area contributed by atoms with Gasteiger partial charge in [0, 0.05) is 41.3 Å². The van der Waals surface area contributed by atoms with E-state index in [4.69, 9.17) is 4.74 Å². The number of unbranched alkanes of at least 4 members (excludes halogenated alkanes) is 2. The number of esters is 2. The van der Waals surface area contributed by atoms with Crippen LogP contribution in [0.2, 0.25) is 0 Å². The van der Waals surface area contributed by atoms with Crippen LogP contribution in [-0.4, -0.2) is 51.9 Å². The Morgan fingerprint density at radius 2 is 1.83 bits per heavy atom. The van der Waals surface area contributed by atoms with Crippen LogP contribution < -0.4 is 10.1 Å². The highest BCUT2D eigenvalue weighted by Crippen LogP contribution is 2.27. The van der Waals surface area contributed by atoms with Gasteiger partial charge in [-0.15, -0.1) is 0 Å². The first kappa shape index (κ1) is 32.4. The van der Waals surface area contributed by atoms with Gasteiger partial charge < -0.3 is 24.8 Å². The Morgan fingerprint density at radius 3 is 2.52 bits per heavy atom. The number of hydrogen-bond acceptors (Lipinski definition) is 7. The fourth-order valence-corrected chi connectivity index (χ4v) is 4.55. The van der Waals surface area contributed by atoms with Crippen LogP contribution in [-0.2, 0) is 36.8 Å². The number of alkyl halides is 3. The quantitative estimate of drug-likeness (QED) is 0.127. The minimum absolute atomic E-state index is 0.0485. The van der Waals surface area contributed by atoms with E-state index in [-0.39, 0.29) is 24.5 Å². The summed E-state index contributed by atoms with van der Waals surface area (Å²) in [5, 5.41) is 3.89. The summed E-state index contributed by atoms with van der Waals surface area (Å²) in [6.45, 7) is 3.71. The van der Waals surface area contributed by atoms with E-state index in [0.29, 0.717) is 43.0 Å². The number of carbonyl (C=O) groups excluding carboxylic acids is 4. The molecule has 1 amide bonds. The number of methoxy groups -OCH3 is 1. The van der Waals surface area contributed by atoms with Gasteiger partial charge in [-0.1, -0.05) is 19.8 Å². The Labute approximate surface area is 240 Å². The molecule has 0 radical (unpaired) electrons. The van der Waals surface area contributed by atoms with Crippen molar-refractivity contribution in [3.05, 3.63) is 47.2 Å². The Balaban J connectivity index is 1.68. The predicted octanol–water partition coefficient (Wildman–Crippen LogP) is 5.10. The van der Waals surface area contributed by atoms with Crippen LogP contribution >= 0.6 is 0 Å². The van der Waals surface area contributed by atoms with Crippen molar-refractivity contribution in [1.29, 1.82) is 0 Å². The summed E-state index contributed by atoms with van der Waals surface area (Å²) in [6.07, 6.45) is -0.575. The average molecular weight is 593 g/mol. The second kappa shape index (κ2) is 14.6. The molecule has 228 valence electrons. The fraction of sp³-hybridized carbons (Fsp3) is 0.483. The van der Waals surface area contributed by atoms with Crippen LogP contribution in [0.25, 0.3) is 10.9 Å². The molecule has 0 fully saturated rings. The number of hydrogen-bond donors (Lipinski definition) is 3. The molecular formula is C29H35F3N4O6. The molecule has 0 aliphatic heterocycles. The lowest BCUT2D eigenvalue weighted by molar-refractivity contribution is -0.201. The molecule has 3 aromatic rings. The third kappa shape index (κ3) is 9.18. The minimum Gasteiger partial charge on any atom is -0.497 e. The molecule has 0 saturated carbocycles. The van der Waals surface area contributed by atoms with E-state index >= 15 is 0 Å². The van der Waals surface area contributed by atoms with Gasteiger partial charge in [-0.05, 0) is 49.9 Å². The lowest BCUT2D eigenvalue weighted by Gasteiger charge is -2.17. The first-order valence-electron chi connectivity index (χ1n) is 13.7. The SMILES string of the molecule is CCC(=O)CCCCCC(NC(=O)Cc1c(C)[nH]c2ccc(OC)cc12)c1ncc(CCC(=O)OC(=O)C(F)(F)F)[nH]1. The van der Waals surface area contributed by atoms with Gasteiger partial charge in [0.05, 0.1) is 26.0 Å². The van der Waals surface area contributed by atoms with Crippen LogP contribution in [0.5, 0.6) is 5.75 Å². The monoisotopic (exact) mass is 592 g/mol. The van der Waals surface area contributed by atoms with Gasteiger partial charge in [-0.3, -0.25) is 14.4 Å². The summed E-state index contributed by atoms with van der Waals surface area (Å²) >= 11 is 0. The molecule has 0 aliphatic rings. The van der Waals surface area contributed by atoms with E-state index in [1.165, 1.54) is 6.20 Å². The number of fused-ring (bicyclic) bond motifs is 1. The van der Waals surface area contributed by atoms with Crippen molar-refractivity contribution < 1.29 is 41.8 Å². The van der Waals surface area contributed by atoms with Crippen molar-refractivity contribution >= 4 is 34.5 Å². The number of ketones is 1. The van der Waals surface area contributed by atoms with Gasteiger partial charge in [0.25, 0.3) is 0 Å². The molecule has 3 N–H and O–H groups in total. The highest BCUT2D eigenvalue weighted by atomic mass is 19.4. The van der Waals surface area contributed by atoms with Crippen molar-refractivity contribution in [3.8, 4) is 5.75 Å². The summed E-state index contributed by atoms with van der Waals surface area (Å²) in [6, 6.07) is 5.05. The van der Waals surface area contributed by atoms with Gasteiger partial charge in [-0.25, -0.2) is 9.78 Å². The van der Waals surface area contributed by atoms with E-state index in [9.17, 15) is 32.3 Å². The number of ether oxygens (including phenoxy) is 2. The number of aromatic amines is 2. The highest BCUT2D eigenvalue weighted by molar-refractivity contribution is 5.91. The number of halogens is 3. The number of nitrogens with zero attached hydrogens (tertiary/aromatic N) is 1. The van der Waals surface area contributed by atoms with Crippen molar-refractivity contribution in [2.75, 3.05) is 7.11 Å². The normalized spacial score (nSPS) is 12.2. The lowest BCUT2D eigenvalue weighted by atomic mass is 10.0. The van der Waals surface area contributed by atoms with Crippen molar-refractivity contribution in [2.24, 2.45) is 0 Å². The van der Waals surface area contributed by atoms with Gasteiger partial charge in [-0.2, -0.15) is 13.2 Å². The molecule has 0 spiro atoms. The smallest absolute Gasteiger partial charge is 0.491 e.